The summed E-state index contributed by atoms with van der Waals surface area (Å²) in [5.74, 6) is 1.33. The summed E-state index contributed by atoms with van der Waals surface area (Å²) in [5, 5.41) is 4.64. The SMILES string of the molecule is CC(C)c1ccc(OCc2ccc(C(=O)Nc3ccc(S(=O)(=O)Nc4nccs4)cc3)o2)cc1. The van der Waals surface area contributed by atoms with Crippen LogP contribution in [0.2, 0.25) is 0 Å². The van der Waals surface area contributed by atoms with Crippen LogP contribution in [0.5, 0.6) is 5.75 Å². The third-order valence-electron chi connectivity index (χ3n) is 4.89. The fourth-order valence-electron chi connectivity index (χ4n) is 3.04. The highest BCUT2D eigenvalue weighted by molar-refractivity contribution is 7.93. The number of hydrogen-bond acceptors (Lipinski definition) is 7. The number of furan rings is 1. The number of nitrogens with one attached hydrogen (secondary N) is 2. The zero-order chi connectivity index (χ0) is 24.1. The van der Waals surface area contributed by atoms with Crippen molar-refractivity contribution in [2.24, 2.45) is 0 Å². The highest BCUT2D eigenvalue weighted by Crippen LogP contribution is 2.22. The molecule has 0 saturated carbocycles. The van der Waals surface area contributed by atoms with Crippen molar-refractivity contribution < 1.29 is 22.4 Å². The second kappa shape index (κ2) is 10.1. The molecule has 176 valence electrons. The van der Waals surface area contributed by atoms with Gasteiger partial charge in [0.2, 0.25) is 0 Å². The van der Waals surface area contributed by atoms with Crippen LogP contribution in [0.25, 0.3) is 0 Å². The van der Waals surface area contributed by atoms with Crippen LogP contribution in [0.3, 0.4) is 0 Å². The maximum atomic E-state index is 12.5. The van der Waals surface area contributed by atoms with E-state index in [1.807, 2.05) is 24.3 Å². The molecule has 0 bridgehead atoms. The average Bonchev–Trinajstić information content (AvgIpc) is 3.50. The molecule has 0 spiro atoms. The summed E-state index contributed by atoms with van der Waals surface area (Å²) in [6, 6.07) is 16.9. The molecule has 0 aliphatic carbocycles. The number of thiazole rings is 1. The Balaban J connectivity index is 1.33. The molecule has 2 N–H and O–H groups in total. The number of aromatic nitrogens is 1. The summed E-state index contributed by atoms with van der Waals surface area (Å²) in [7, 11) is -3.76. The number of carbonyl (C=O) groups excluding carboxylic acids is 1. The topological polar surface area (TPSA) is 111 Å². The minimum atomic E-state index is -3.76. The molecule has 0 fully saturated rings. The Kier molecular flexibility index (Phi) is 6.99. The van der Waals surface area contributed by atoms with E-state index in [2.05, 4.69) is 28.9 Å². The minimum absolute atomic E-state index is 0.0551. The van der Waals surface area contributed by atoms with E-state index in [9.17, 15) is 13.2 Å². The first-order chi connectivity index (χ1) is 16.3. The highest BCUT2D eigenvalue weighted by Gasteiger charge is 2.16. The zero-order valence-electron chi connectivity index (χ0n) is 18.5. The summed E-state index contributed by atoms with van der Waals surface area (Å²) in [6.45, 7) is 4.44. The van der Waals surface area contributed by atoms with Gasteiger partial charge in [-0.1, -0.05) is 26.0 Å². The van der Waals surface area contributed by atoms with Crippen LogP contribution >= 0.6 is 11.3 Å². The van der Waals surface area contributed by atoms with E-state index in [1.54, 1.807) is 17.5 Å². The quantitative estimate of drug-likeness (QED) is 0.316. The Bertz CT molecular complexity index is 1340. The van der Waals surface area contributed by atoms with Gasteiger partial charge in [0.1, 0.15) is 18.1 Å². The van der Waals surface area contributed by atoms with Crippen molar-refractivity contribution in [2.45, 2.75) is 31.3 Å². The molecular formula is C24H23N3O5S2. The van der Waals surface area contributed by atoms with Crippen LogP contribution in [-0.4, -0.2) is 19.3 Å². The number of rotatable bonds is 9. The minimum Gasteiger partial charge on any atom is -0.486 e. The molecule has 1 amide bonds. The number of nitrogens with zero attached hydrogens (tertiary/aromatic N) is 1. The molecular weight excluding hydrogens is 474 g/mol. The number of benzene rings is 2. The first kappa shape index (κ1) is 23.5. The fraction of sp³-hybridized carbons (Fsp3) is 0.167. The van der Waals surface area contributed by atoms with Crippen LogP contribution in [-0.2, 0) is 16.6 Å². The van der Waals surface area contributed by atoms with Crippen molar-refractivity contribution in [3.63, 3.8) is 0 Å². The first-order valence-electron chi connectivity index (χ1n) is 10.5. The predicted octanol–water partition coefficient (Wildman–Crippen LogP) is 5.49. The average molecular weight is 498 g/mol. The third-order valence-corrected chi connectivity index (χ3v) is 7.06. The second-order valence-electron chi connectivity index (χ2n) is 7.70. The molecule has 2 aromatic heterocycles. The fourth-order valence-corrected chi connectivity index (χ4v) is 4.83. The molecule has 0 aliphatic heterocycles. The van der Waals surface area contributed by atoms with Crippen molar-refractivity contribution in [2.75, 3.05) is 10.0 Å². The molecule has 34 heavy (non-hydrogen) atoms. The highest BCUT2D eigenvalue weighted by atomic mass is 32.2. The van der Waals surface area contributed by atoms with Crippen LogP contribution in [0.15, 0.2) is 81.6 Å². The number of amides is 1. The lowest BCUT2D eigenvalue weighted by Gasteiger charge is -2.08. The van der Waals surface area contributed by atoms with Gasteiger partial charge < -0.3 is 14.5 Å². The summed E-state index contributed by atoms with van der Waals surface area (Å²) < 4.78 is 38.5. The number of hydrogen-bond donors (Lipinski definition) is 2. The third kappa shape index (κ3) is 5.83. The van der Waals surface area contributed by atoms with Gasteiger partial charge in [0.05, 0.1) is 4.90 Å². The van der Waals surface area contributed by atoms with Gasteiger partial charge in [0.15, 0.2) is 10.9 Å². The summed E-state index contributed by atoms with van der Waals surface area (Å²) in [6.07, 6.45) is 1.51. The van der Waals surface area contributed by atoms with Crippen molar-refractivity contribution in [3.05, 3.63) is 89.3 Å². The predicted molar refractivity (Wildman–Crippen MR) is 131 cm³/mol. The molecule has 0 unspecified atom stereocenters. The molecule has 8 nitrogen and oxygen atoms in total. The molecule has 4 rings (SSSR count). The maximum absolute atomic E-state index is 12.5. The zero-order valence-corrected chi connectivity index (χ0v) is 20.2. The van der Waals surface area contributed by atoms with Gasteiger partial charge in [-0.05, 0) is 60.0 Å². The van der Waals surface area contributed by atoms with E-state index in [1.165, 1.54) is 47.4 Å². The Morgan fingerprint density at radius 2 is 1.79 bits per heavy atom. The molecule has 0 atom stereocenters. The van der Waals surface area contributed by atoms with E-state index in [4.69, 9.17) is 9.15 Å². The van der Waals surface area contributed by atoms with Crippen LogP contribution in [0.4, 0.5) is 10.8 Å². The van der Waals surface area contributed by atoms with Crippen LogP contribution in [0.1, 0.15) is 41.6 Å². The maximum Gasteiger partial charge on any atom is 0.291 e. The molecule has 0 radical (unpaired) electrons. The Morgan fingerprint density at radius 1 is 1.06 bits per heavy atom. The van der Waals surface area contributed by atoms with E-state index in [0.717, 1.165) is 0 Å². The van der Waals surface area contributed by atoms with Gasteiger partial charge in [-0.15, -0.1) is 11.3 Å². The smallest absolute Gasteiger partial charge is 0.291 e. The van der Waals surface area contributed by atoms with E-state index >= 15 is 0 Å². The lowest BCUT2D eigenvalue weighted by molar-refractivity contribution is 0.0992. The molecule has 0 saturated heterocycles. The first-order valence-corrected chi connectivity index (χ1v) is 12.8. The molecule has 0 aliphatic rings. The number of sulfonamides is 1. The Morgan fingerprint density at radius 3 is 2.44 bits per heavy atom. The van der Waals surface area contributed by atoms with Gasteiger partial charge >= 0.3 is 0 Å². The standard InChI is InChI=1S/C24H23N3O5S2/c1-16(2)17-3-7-19(8-4-17)31-15-20-9-12-22(32-20)23(28)26-18-5-10-21(11-6-18)34(29,30)27-24-25-13-14-33-24/h3-14,16H,15H2,1-2H3,(H,25,27)(H,26,28). The monoisotopic (exact) mass is 497 g/mol. The van der Waals surface area contributed by atoms with Crippen molar-refractivity contribution in [1.29, 1.82) is 0 Å². The van der Waals surface area contributed by atoms with Crippen molar-refractivity contribution in [3.8, 4) is 5.75 Å². The van der Waals surface area contributed by atoms with Crippen molar-refractivity contribution >= 4 is 38.1 Å². The lowest BCUT2D eigenvalue weighted by Crippen LogP contribution is -2.13. The normalized spacial score (nSPS) is 11.4. The van der Waals surface area contributed by atoms with Gasteiger partial charge in [-0.3, -0.25) is 9.52 Å². The lowest BCUT2D eigenvalue weighted by atomic mass is 10.0. The number of ether oxygens (including phenoxy) is 1. The Labute approximate surface area is 201 Å². The largest absolute Gasteiger partial charge is 0.486 e. The molecule has 2 aromatic carbocycles. The second-order valence-corrected chi connectivity index (χ2v) is 10.3. The molecule has 10 heteroatoms. The van der Waals surface area contributed by atoms with Gasteiger partial charge in [0.25, 0.3) is 15.9 Å². The van der Waals surface area contributed by atoms with Gasteiger partial charge in [-0.2, -0.15) is 0 Å². The van der Waals surface area contributed by atoms with Gasteiger partial charge in [0, 0.05) is 17.3 Å². The van der Waals surface area contributed by atoms with E-state index < -0.39 is 15.9 Å². The molecule has 4 aromatic rings. The van der Waals surface area contributed by atoms with E-state index in [-0.39, 0.29) is 22.4 Å². The molecule has 2 heterocycles. The van der Waals surface area contributed by atoms with Gasteiger partial charge in [-0.25, -0.2) is 13.4 Å². The summed E-state index contributed by atoms with van der Waals surface area (Å²) in [5.41, 5.74) is 1.66. The Hall–Kier alpha value is -3.63. The van der Waals surface area contributed by atoms with Crippen LogP contribution < -0.4 is 14.8 Å². The van der Waals surface area contributed by atoms with Crippen molar-refractivity contribution in [1.82, 2.24) is 4.98 Å². The van der Waals surface area contributed by atoms with Crippen LogP contribution in [0, 0.1) is 0 Å². The number of carbonyl (C=O) groups is 1. The number of anilines is 2. The summed E-state index contributed by atoms with van der Waals surface area (Å²) >= 11 is 1.18. The van der Waals surface area contributed by atoms with E-state index in [0.29, 0.717) is 23.1 Å². The summed E-state index contributed by atoms with van der Waals surface area (Å²) in [4.78, 5) is 16.5.